The van der Waals surface area contributed by atoms with Crippen LogP contribution in [-0.2, 0) is 30.3 Å². The highest BCUT2D eigenvalue weighted by molar-refractivity contribution is 9.10. The van der Waals surface area contributed by atoms with Crippen LogP contribution in [0.1, 0.15) is 23.3 Å². The third-order valence-electron chi connectivity index (χ3n) is 5.17. The zero-order chi connectivity index (χ0) is 22.1. The van der Waals surface area contributed by atoms with Gasteiger partial charge in [0.05, 0.1) is 0 Å². The molecule has 0 radical (unpaired) electrons. The molecule has 30 heavy (non-hydrogen) atoms. The van der Waals surface area contributed by atoms with E-state index in [0.717, 1.165) is 10.5 Å². The highest BCUT2D eigenvalue weighted by Crippen LogP contribution is 2.30. The normalized spacial score (nSPS) is 21.1. The molecule has 10 heteroatoms. The number of aromatic nitrogens is 1. The Labute approximate surface area is 184 Å². The zero-order valence-corrected chi connectivity index (χ0v) is 19.1. The van der Waals surface area contributed by atoms with E-state index in [2.05, 4.69) is 20.9 Å². The summed E-state index contributed by atoms with van der Waals surface area (Å²) in [5.41, 5.74) is 1.29. The summed E-state index contributed by atoms with van der Waals surface area (Å²) in [5, 5.41) is -1.09. The van der Waals surface area contributed by atoms with Gasteiger partial charge in [-0.05, 0) is 34.5 Å². The molecule has 8 nitrogen and oxygen atoms in total. The zero-order valence-electron chi connectivity index (χ0n) is 16.7. The number of piperazine rings is 1. The van der Waals surface area contributed by atoms with Gasteiger partial charge in [-0.2, -0.15) is 8.42 Å². The van der Waals surface area contributed by atoms with Crippen molar-refractivity contribution in [3.8, 4) is 0 Å². The quantitative estimate of drug-likeness (QED) is 0.449. The van der Waals surface area contributed by atoms with Crippen molar-refractivity contribution in [3.63, 3.8) is 0 Å². The summed E-state index contributed by atoms with van der Waals surface area (Å²) in [6, 6.07) is 11.8. The second-order valence-corrected chi connectivity index (χ2v) is 9.71. The minimum absolute atomic E-state index is 0.324. The van der Waals surface area contributed by atoms with Crippen molar-refractivity contribution in [2.45, 2.75) is 30.9 Å². The van der Waals surface area contributed by atoms with Crippen molar-refractivity contribution in [2.75, 3.05) is 14.1 Å². The number of hydrogen-bond donors (Lipinski definition) is 0. The van der Waals surface area contributed by atoms with Crippen LogP contribution in [-0.4, -0.2) is 61.4 Å². The predicted molar refractivity (Wildman–Crippen MR) is 114 cm³/mol. The van der Waals surface area contributed by atoms with Crippen LogP contribution in [0.15, 0.2) is 53.3 Å². The first-order chi connectivity index (χ1) is 14.1. The number of carbonyl (C=O) groups excluding carboxylic acids is 2. The first-order valence-electron chi connectivity index (χ1n) is 9.23. The van der Waals surface area contributed by atoms with Crippen molar-refractivity contribution in [1.29, 1.82) is 0 Å². The molecule has 0 bridgehead atoms. The van der Waals surface area contributed by atoms with Crippen molar-refractivity contribution in [2.24, 2.45) is 0 Å². The Hall–Kier alpha value is -2.30. The van der Waals surface area contributed by atoms with E-state index in [9.17, 15) is 18.0 Å². The molecule has 2 aromatic rings. The molecule has 2 heterocycles. The molecule has 1 fully saturated rings. The summed E-state index contributed by atoms with van der Waals surface area (Å²) in [6.45, 7) is 1.44. The summed E-state index contributed by atoms with van der Waals surface area (Å²) in [5.74, 6) is -0.990. The van der Waals surface area contributed by atoms with E-state index < -0.39 is 39.5 Å². The molecule has 0 spiro atoms. The molecule has 1 aromatic heterocycles. The molecular formula is C20H22BrN3O5S. The third-order valence-corrected chi connectivity index (χ3v) is 7.40. The molecule has 1 aliphatic rings. The molecule has 3 unspecified atom stereocenters. The third kappa shape index (κ3) is 4.40. The standard InChI is InChI=1S/C20H22BrN3O5S/c1-13(15-10-7-11-22-17(15)21)30(27,28)29-20-19(26)23(2)16(18(25)24(20)3)12-14-8-5-4-6-9-14/h4-11,13,16,20H,12H2,1-3H3. The first kappa shape index (κ1) is 22.4. The highest BCUT2D eigenvalue weighted by atomic mass is 79.9. The fraction of sp³-hybridized carbons (Fsp3) is 0.350. The molecule has 0 saturated carbocycles. The van der Waals surface area contributed by atoms with Gasteiger partial charge in [-0.15, -0.1) is 0 Å². The van der Waals surface area contributed by atoms with E-state index in [0.29, 0.717) is 16.6 Å². The predicted octanol–water partition coefficient (Wildman–Crippen LogP) is 2.12. The summed E-state index contributed by atoms with van der Waals surface area (Å²) in [7, 11) is -1.39. The van der Waals surface area contributed by atoms with Crippen LogP contribution in [0.3, 0.4) is 0 Å². The van der Waals surface area contributed by atoms with Crippen LogP contribution in [0.4, 0.5) is 0 Å². The number of halogens is 1. The van der Waals surface area contributed by atoms with Gasteiger partial charge in [0.1, 0.15) is 15.9 Å². The van der Waals surface area contributed by atoms with E-state index in [1.54, 1.807) is 12.1 Å². The van der Waals surface area contributed by atoms with E-state index in [1.165, 1.54) is 32.1 Å². The topological polar surface area (TPSA) is 96.9 Å². The van der Waals surface area contributed by atoms with Gasteiger partial charge in [0, 0.05) is 32.3 Å². The van der Waals surface area contributed by atoms with Gasteiger partial charge < -0.3 is 9.80 Å². The van der Waals surface area contributed by atoms with E-state index >= 15 is 0 Å². The lowest BCUT2D eigenvalue weighted by Gasteiger charge is -2.41. The Morgan fingerprint density at radius 3 is 2.37 bits per heavy atom. The smallest absolute Gasteiger partial charge is 0.276 e. The van der Waals surface area contributed by atoms with Gasteiger partial charge in [-0.1, -0.05) is 36.4 Å². The van der Waals surface area contributed by atoms with Gasteiger partial charge in [-0.25, -0.2) is 9.17 Å². The van der Waals surface area contributed by atoms with Crippen LogP contribution >= 0.6 is 15.9 Å². The van der Waals surface area contributed by atoms with Crippen LogP contribution in [0.2, 0.25) is 0 Å². The average Bonchev–Trinajstić information content (AvgIpc) is 2.73. The Kier molecular flexibility index (Phi) is 6.59. The van der Waals surface area contributed by atoms with Crippen LogP contribution < -0.4 is 0 Å². The summed E-state index contributed by atoms with van der Waals surface area (Å²) >= 11 is 3.23. The largest absolute Gasteiger partial charge is 0.329 e. The highest BCUT2D eigenvalue weighted by Gasteiger charge is 2.46. The lowest BCUT2D eigenvalue weighted by Crippen LogP contribution is -2.64. The van der Waals surface area contributed by atoms with Crippen molar-refractivity contribution in [1.82, 2.24) is 14.8 Å². The molecule has 160 valence electrons. The lowest BCUT2D eigenvalue weighted by molar-refractivity contribution is -0.169. The molecule has 1 saturated heterocycles. The Morgan fingerprint density at radius 2 is 1.73 bits per heavy atom. The Balaban J connectivity index is 1.81. The molecule has 0 aliphatic carbocycles. The first-order valence-corrected chi connectivity index (χ1v) is 11.5. The fourth-order valence-electron chi connectivity index (χ4n) is 3.24. The van der Waals surface area contributed by atoms with Crippen LogP contribution in [0.25, 0.3) is 0 Å². The number of amides is 2. The molecule has 0 N–H and O–H groups in total. The van der Waals surface area contributed by atoms with Gasteiger partial charge in [-0.3, -0.25) is 9.59 Å². The van der Waals surface area contributed by atoms with E-state index in [-0.39, 0.29) is 0 Å². The molecule has 1 aromatic carbocycles. The monoisotopic (exact) mass is 495 g/mol. The van der Waals surface area contributed by atoms with Gasteiger partial charge in [0.2, 0.25) is 12.1 Å². The van der Waals surface area contributed by atoms with E-state index in [1.807, 2.05) is 30.3 Å². The maximum atomic E-state index is 12.9. The Morgan fingerprint density at radius 1 is 1.07 bits per heavy atom. The van der Waals surface area contributed by atoms with Gasteiger partial charge in [0.15, 0.2) is 0 Å². The molecular weight excluding hydrogens is 474 g/mol. The lowest BCUT2D eigenvalue weighted by atomic mass is 10.0. The molecule has 2 amide bonds. The van der Waals surface area contributed by atoms with Crippen LogP contribution in [0.5, 0.6) is 0 Å². The average molecular weight is 496 g/mol. The number of nitrogens with zero attached hydrogens (tertiary/aromatic N) is 3. The number of hydrogen-bond acceptors (Lipinski definition) is 6. The van der Waals surface area contributed by atoms with Crippen molar-refractivity contribution in [3.05, 3.63) is 64.4 Å². The summed E-state index contributed by atoms with van der Waals surface area (Å²) in [4.78, 5) is 32.1. The van der Waals surface area contributed by atoms with Crippen molar-refractivity contribution < 1.29 is 22.2 Å². The fourth-order valence-corrected chi connectivity index (χ4v) is 5.12. The van der Waals surface area contributed by atoms with Gasteiger partial charge in [0.25, 0.3) is 16.0 Å². The maximum absolute atomic E-state index is 12.9. The number of pyridine rings is 1. The summed E-state index contributed by atoms with van der Waals surface area (Å²) < 4.78 is 31.3. The maximum Gasteiger partial charge on any atom is 0.276 e. The van der Waals surface area contributed by atoms with E-state index in [4.69, 9.17) is 4.18 Å². The minimum atomic E-state index is -4.24. The van der Waals surface area contributed by atoms with Gasteiger partial charge >= 0.3 is 0 Å². The SMILES string of the molecule is CC(c1cccnc1Br)S(=O)(=O)OC1C(=O)N(C)C(Cc2ccccc2)C(=O)N1C. The summed E-state index contributed by atoms with van der Waals surface area (Å²) in [6.07, 6.45) is 0.287. The molecule has 1 aliphatic heterocycles. The Bertz CT molecular complexity index is 1050. The minimum Gasteiger partial charge on any atom is -0.329 e. The number of benzene rings is 1. The molecule has 3 rings (SSSR count). The van der Waals surface area contributed by atoms with Crippen molar-refractivity contribution >= 4 is 37.9 Å². The number of likely N-dealkylation sites (N-methyl/N-ethyl adjacent to an activating group) is 2. The second-order valence-electron chi connectivity index (χ2n) is 7.07. The number of rotatable bonds is 6. The van der Waals surface area contributed by atoms with Crippen LogP contribution in [0, 0.1) is 0 Å². The number of carbonyl (C=O) groups is 2. The second kappa shape index (κ2) is 8.83. The molecule has 3 atom stereocenters.